The smallest absolute Gasteiger partial charge is 0.136 e. The van der Waals surface area contributed by atoms with E-state index in [0.29, 0.717) is 25.7 Å². The molecule has 0 radical (unpaired) electrons. The van der Waals surface area contributed by atoms with E-state index in [1.807, 2.05) is 6.92 Å². The third-order valence-corrected chi connectivity index (χ3v) is 5.92. The minimum absolute atomic E-state index is 0.407. The highest BCUT2D eigenvalue weighted by atomic mass is 16.5. The van der Waals surface area contributed by atoms with E-state index in [2.05, 4.69) is 61.8 Å². The normalized spacial score (nSPS) is 16.0. The lowest BCUT2D eigenvalue weighted by atomic mass is 10.0. The van der Waals surface area contributed by atoms with Gasteiger partial charge in [-0.1, -0.05) is 50.6 Å². The fourth-order valence-electron chi connectivity index (χ4n) is 4.22. The van der Waals surface area contributed by atoms with E-state index < -0.39 is 6.10 Å². The molecule has 0 spiro atoms. The quantitative estimate of drug-likeness (QED) is 0.611. The van der Waals surface area contributed by atoms with E-state index in [1.165, 1.54) is 16.7 Å². The zero-order chi connectivity index (χ0) is 23.1. The van der Waals surface area contributed by atoms with Crippen molar-refractivity contribution < 1.29 is 9.84 Å². The minimum atomic E-state index is -0.439. The minimum Gasteiger partial charge on any atom is -0.389 e. The summed E-state index contributed by atoms with van der Waals surface area (Å²) in [5, 5.41) is 10.3. The number of anilines is 1. The summed E-state index contributed by atoms with van der Waals surface area (Å²) in [6, 6.07) is 8.76. The largest absolute Gasteiger partial charge is 0.389 e. The molecule has 1 aromatic heterocycles. The van der Waals surface area contributed by atoms with Crippen LogP contribution in [0.25, 0.3) is 0 Å². The van der Waals surface area contributed by atoms with Crippen molar-refractivity contribution >= 4 is 5.82 Å². The molecule has 1 saturated heterocycles. The lowest BCUT2D eigenvalue weighted by Crippen LogP contribution is -2.49. The van der Waals surface area contributed by atoms with Crippen LogP contribution in [-0.2, 0) is 17.6 Å². The summed E-state index contributed by atoms with van der Waals surface area (Å²) in [4.78, 5) is 14.4. The van der Waals surface area contributed by atoms with Crippen LogP contribution in [0.5, 0.6) is 0 Å². The number of aliphatic hydroxyl groups excluding tert-OH is 1. The molecule has 1 aliphatic rings. The maximum absolute atomic E-state index is 10.3. The van der Waals surface area contributed by atoms with Gasteiger partial charge >= 0.3 is 0 Å². The van der Waals surface area contributed by atoms with Crippen molar-refractivity contribution in [2.24, 2.45) is 5.92 Å². The number of piperazine rings is 1. The van der Waals surface area contributed by atoms with E-state index in [1.54, 1.807) is 0 Å². The third-order valence-electron chi connectivity index (χ3n) is 5.92. The number of nitrogens with zero attached hydrogens (tertiary/aromatic N) is 4. The molecule has 1 aliphatic heterocycles. The Balaban J connectivity index is 1.66. The molecule has 1 N–H and O–H groups in total. The molecule has 0 aliphatic carbocycles. The van der Waals surface area contributed by atoms with Crippen molar-refractivity contribution in [3.05, 3.63) is 52.5 Å². The number of aromatic nitrogens is 2. The molecular formula is C26H40N4O2. The fraction of sp³-hybridized carbons (Fsp3) is 0.615. The summed E-state index contributed by atoms with van der Waals surface area (Å²) in [7, 11) is 0. The van der Waals surface area contributed by atoms with Crippen molar-refractivity contribution in [1.82, 2.24) is 14.9 Å². The van der Waals surface area contributed by atoms with Gasteiger partial charge in [0.05, 0.1) is 12.7 Å². The van der Waals surface area contributed by atoms with Crippen LogP contribution >= 0.6 is 0 Å². The summed E-state index contributed by atoms with van der Waals surface area (Å²) in [5.41, 5.74) is 4.96. The van der Waals surface area contributed by atoms with Gasteiger partial charge in [-0.3, -0.25) is 4.90 Å². The van der Waals surface area contributed by atoms with Crippen molar-refractivity contribution in [2.75, 3.05) is 50.8 Å². The molecule has 3 rings (SSSR count). The number of aryl methyl sites for hydroxylation is 3. The second-order valence-corrected chi connectivity index (χ2v) is 9.41. The van der Waals surface area contributed by atoms with Crippen LogP contribution < -0.4 is 4.90 Å². The predicted molar refractivity (Wildman–Crippen MR) is 130 cm³/mol. The van der Waals surface area contributed by atoms with Gasteiger partial charge in [-0.25, -0.2) is 9.97 Å². The van der Waals surface area contributed by atoms with Gasteiger partial charge in [-0.2, -0.15) is 0 Å². The Morgan fingerprint density at radius 3 is 2.31 bits per heavy atom. The van der Waals surface area contributed by atoms with Crippen LogP contribution in [0.15, 0.2) is 24.3 Å². The maximum Gasteiger partial charge on any atom is 0.136 e. The second-order valence-electron chi connectivity index (χ2n) is 9.41. The van der Waals surface area contributed by atoms with E-state index >= 15 is 0 Å². The van der Waals surface area contributed by atoms with Crippen molar-refractivity contribution in [3.8, 4) is 0 Å². The molecule has 0 amide bonds. The SMILES string of the molecule is CCc1nc(C)nc(N2CCN(C[C@@H](O)COCC(C)C)CC2)c1Cc1ccc(C)cc1. The third kappa shape index (κ3) is 6.99. The molecule has 1 atom stereocenters. The predicted octanol–water partition coefficient (Wildman–Crippen LogP) is 3.40. The molecule has 6 heteroatoms. The van der Waals surface area contributed by atoms with Crippen LogP contribution in [0.2, 0.25) is 0 Å². The molecule has 1 fully saturated rings. The second kappa shape index (κ2) is 11.7. The Morgan fingerprint density at radius 2 is 1.69 bits per heavy atom. The zero-order valence-electron chi connectivity index (χ0n) is 20.5. The maximum atomic E-state index is 10.3. The first-order chi connectivity index (χ1) is 15.4. The Morgan fingerprint density at radius 1 is 1.00 bits per heavy atom. The van der Waals surface area contributed by atoms with Crippen LogP contribution in [0.4, 0.5) is 5.82 Å². The van der Waals surface area contributed by atoms with E-state index in [-0.39, 0.29) is 0 Å². The first-order valence-corrected chi connectivity index (χ1v) is 12.0. The Labute approximate surface area is 193 Å². The lowest BCUT2D eigenvalue weighted by molar-refractivity contribution is 0.00745. The van der Waals surface area contributed by atoms with Gasteiger partial charge in [0.1, 0.15) is 11.6 Å². The average Bonchev–Trinajstić information content (AvgIpc) is 2.76. The Kier molecular flexibility index (Phi) is 9.02. The Bertz CT molecular complexity index is 846. The van der Waals surface area contributed by atoms with Crippen LogP contribution in [0.3, 0.4) is 0 Å². The first kappa shape index (κ1) is 24.6. The van der Waals surface area contributed by atoms with Gasteiger partial charge in [-0.15, -0.1) is 0 Å². The van der Waals surface area contributed by atoms with Gasteiger partial charge in [0, 0.05) is 57.0 Å². The van der Waals surface area contributed by atoms with E-state index in [4.69, 9.17) is 14.7 Å². The summed E-state index contributed by atoms with van der Waals surface area (Å²) < 4.78 is 5.60. The van der Waals surface area contributed by atoms with Crippen LogP contribution in [0, 0.1) is 19.8 Å². The standard InChI is InChI=1S/C26H40N4O2/c1-6-25-24(15-22-9-7-20(4)8-10-22)26(28-21(5)27-25)30-13-11-29(12-14-30)16-23(31)18-32-17-19(2)3/h7-10,19,23,31H,6,11-18H2,1-5H3/t23-/m1/s1. The molecule has 2 aromatic rings. The first-order valence-electron chi connectivity index (χ1n) is 12.0. The van der Waals surface area contributed by atoms with Crippen LogP contribution in [-0.4, -0.2) is 72.0 Å². The summed E-state index contributed by atoms with van der Waals surface area (Å²) >= 11 is 0. The van der Waals surface area contributed by atoms with Gasteiger partial charge in [0.25, 0.3) is 0 Å². The highest BCUT2D eigenvalue weighted by Crippen LogP contribution is 2.26. The number of hydrogen-bond donors (Lipinski definition) is 1. The summed E-state index contributed by atoms with van der Waals surface area (Å²) in [5.74, 6) is 2.41. The number of rotatable bonds is 10. The molecule has 32 heavy (non-hydrogen) atoms. The van der Waals surface area contributed by atoms with Crippen LogP contribution in [0.1, 0.15) is 49.0 Å². The van der Waals surface area contributed by atoms with Gasteiger partial charge in [-0.05, 0) is 31.7 Å². The highest BCUT2D eigenvalue weighted by Gasteiger charge is 2.24. The van der Waals surface area contributed by atoms with Crippen molar-refractivity contribution in [2.45, 2.75) is 53.6 Å². The molecule has 0 bridgehead atoms. The Hall–Kier alpha value is -2.02. The number of benzene rings is 1. The molecule has 1 aromatic carbocycles. The molecular weight excluding hydrogens is 400 g/mol. The van der Waals surface area contributed by atoms with Gasteiger partial charge in [0.2, 0.25) is 0 Å². The number of aliphatic hydroxyl groups is 1. The zero-order valence-corrected chi connectivity index (χ0v) is 20.5. The fourth-order valence-corrected chi connectivity index (χ4v) is 4.22. The van der Waals surface area contributed by atoms with Gasteiger partial charge < -0.3 is 14.7 Å². The monoisotopic (exact) mass is 440 g/mol. The molecule has 6 nitrogen and oxygen atoms in total. The number of β-amino-alcohol motifs (C(OH)–C–C–N with tert-alkyl or cyclic N) is 1. The van der Waals surface area contributed by atoms with E-state index in [0.717, 1.165) is 56.4 Å². The van der Waals surface area contributed by atoms with Crippen molar-refractivity contribution in [3.63, 3.8) is 0 Å². The lowest BCUT2D eigenvalue weighted by Gasteiger charge is -2.37. The summed E-state index contributed by atoms with van der Waals surface area (Å²) in [6.45, 7) is 15.9. The molecule has 176 valence electrons. The topological polar surface area (TPSA) is 61.7 Å². The van der Waals surface area contributed by atoms with Gasteiger partial charge in [0.15, 0.2) is 0 Å². The highest BCUT2D eigenvalue weighted by molar-refractivity contribution is 5.52. The van der Waals surface area contributed by atoms with E-state index in [9.17, 15) is 5.11 Å². The molecule has 2 heterocycles. The average molecular weight is 441 g/mol. The number of hydrogen-bond acceptors (Lipinski definition) is 6. The number of ether oxygens (including phenoxy) is 1. The molecule has 0 saturated carbocycles. The van der Waals surface area contributed by atoms with Crippen molar-refractivity contribution in [1.29, 1.82) is 0 Å². The summed E-state index contributed by atoms with van der Waals surface area (Å²) in [6.07, 6.45) is 1.32. The molecule has 0 unspecified atom stereocenters.